The minimum Gasteiger partial charge on any atom is -0.397 e. The Morgan fingerprint density at radius 1 is 1.47 bits per heavy atom. The highest BCUT2D eigenvalue weighted by Crippen LogP contribution is 2.15. The minimum absolute atomic E-state index is 0.0584. The SMILES string of the molecule is CN(C(=O)c1ccc(N)cn1)C1CCOCC1. The highest BCUT2D eigenvalue weighted by Gasteiger charge is 2.23. The summed E-state index contributed by atoms with van der Waals surface area (Å²) in [5.41, 5.74) is 6.54. The highest BCUT2D eigenvalue weighted by atomic mass is 16.5. The van der Waals surface area contributed by atoms with Crippen molar-refractivity contribution in [1.82, 2.24) is 9.88 Å². The van der Waals surface area contributed by atoms with Crippen molar-refractivity contribution in [2.45, 2.75) is 18.9 Å². The van der Waals surface area contributed by atoms with Crippen LogP contribution in [-0.2, 0) is 4.74 Å². The molecule has 1 amide bonds. The number of anilines is 1. The Bertz CT molecular complexity index is 385. The van der Waals surface area contributed by atoms with Crippen molar-refractivity contribution in [1.29, 1.82) is 0 Å². The molecule has 92 valence electrons. The molecule has 0 bridgehead atoms. The fourth-order valence-corrected chi connectivity index (χ4v) is 1.95. The van der Waals surface area contributed by atoms with Gasteiger partial charge in [0.25, 0.3) is 5.91 Å². The average molecular weight is 235 g/mol. The van der Waals surface area contributed by atoms with Crippen LogP contribution in [0.3, 0.4) is 0 Å². The Labute approximate surface area is 101 Å². The molecule has 0 aromatic carbocycles. The number of hydrogen-bond donors (Lipinski definition) is 1. The van der Waals surface area contributed by atoms with Crippen molar-refractivity contribution in [3.63, 3.8) is 0 Å². The van der Waals surface area contributed by atoms with Crippen molar-refractivity contribution < 1.29 is 9.53 Å². The molecule has 5 heteroatoms. The zero-order valence-electron chi connectivity index (χ0n) is 9.93. The molecule has 2 N–H and O–H groups in total. The second-order valence-corrected chi connectivity index (χ2v) is 4.24. The Balaban J connectivity index is 2.05. The van der Waals surface area contributed by atoms with Crippen LogP contribution in [0.4, 0.5) is 5.69 Å². The number of pyridine rings is 1. The molecule has 0 saturated carbocycles. The monoisotopic (exact) mass is 235 g/mol. The van der Waals surface area contributed by atoms with E-state index in [9.17, 15) is 4.79 Å². The maximum Gasteiger partial charge on any atom is 0.272 e. The molecule has 1 aliphatic rings. The molecule has 1 fully saturated rings. The number of ether oxygens (including phenoxy) is 1. The third-order valence-electron chi connectivity index (χ3n) is 3.06. The lowest BCUT2D eigenvalue weighted by Gasteiger charge is -2.30. The molecular formula is C12H17N3O2. The van der Waals surface area contributed by atoms with Gasteiger partial charge in [-0.1, -0.05) is 0 Å². The summed E-state index contributed by atoms with van der Waals surface area (Å²) in [4.78, 5) is 17.9. The van der Waals surface area contributed by atoms with Gasteiger partial charge in [0.1, 0.15) is 5.69 Å². The van der Waals surface area contributed by atoms with Crippen LogP contribution < -0.4 is 5.73 Å². The quantitative estimate of drug-likeness (QED) is 0.827. The van der Waals surface area contributed by atoms with E-state index in [4.69, 9.17) is 10.5 Å². The van der Waals surface area contributed by atoms with Crippen molar-refractivity contribution in [3.05, 3.63) is 24.0 Å². The van der Waals surface area contributed by atoms with Gasteiger partial charge in [-0.15, -0.1) is 0 Å². The fraction of sp³-hybridized carbons (Fsp3) is 0.500. The summed E-state index contributed by atoms with van der Waals surface area (Å²) in [5.74, 6) is -0.0584. The number of amides is 1. The van der Waals surface area contributed by atoms with E-state index in [1.54, 1.807) is 17.0 Å². The number of hydrogen-bond acceptors (Lipinski definition) is 4. The number of rotatable bonds is 2. The molecule has 1 saturated heterocycles. The van der Waals surface area contributed by atoms with Crippen LogP contribution in [0, 0.1) is 0 Å². The first kappa shape index (κ1) is 11.9. The molecule has 0 radical (unpaired) electrons. The summed E-state index contributed by atoms with van der Waals surface area (Å²) in [5, 5.41) is 0. The lowest BCUT2D eigenvalue weighted by atomic mass is 10.1. The summed E-state index contributed by atoms with van der Waals surface area (Å²) in [7, 11) is 1.82. The van der Waals surface area contributed by atoms with Crippen LogP contribution in [0.15, 0.2) is 18.3 Å². The second kappa shape index (κ2) is 5.14. The molecule has 0 aliphatic carbocycles. The van der Waals surface area contributed by atoms with Gasteiger partial charge in [-0.3, -0.25) is 4.79 Å². The third-order valence-corrected chi connectivity index (χ3v) is 3.06. The molecule has 1 aromatic rings. The largest absolute Gasteiger partial charge is 0.397 e. The van der Waals surface area contributed by atoms with Gasteiger partial charge in [-0.05, 0) is 25.0 Å². The van der Waals surface area contributed by atoms with Gasteiger partial charge < -0.3 is 15.4 Å². The molecule has 17 heavy (non-hydrogen) atoms. The van der Waals surface area contributed by atoms with E-state index >= 15 is 0 Å². The maximum absolute atomic E-state index is 12.1. The molecule has 1 aliphatic heterocycles. The number of nitrogen functional groups attached to an aromatic ring is 1. The number of nitrogens with two attached hydrogens (primary N) is 1. The van der Waals surface area contributed by atoms with Crippen molar-refractivity contribution in [2.24, 2.45) is 0 Å². The van der Waals surface area contributed by atoms with E-state index in [1.165, 1.54) is 6.20 Å². The Morgan fingerprint density at radius 2 is 2.18 bits per heavy atom. The predicted octanol–water partition coefficient (Wildman–Crippen LogP) is 0.915. The smallest absolute Gasteiger partial charge is 0.272 e. The Morgan fingerprint density at radius 3 is 2.76 bits per heavy atom. The minimum atomic E-state index is -0.0584. The lowest BCUT2D eigenvalue weighted by molar-refractivity contribution is 0.0359. The molecule has 2 rings (SSSR count). The number of aromatic nitrogens is 1. The number of carbonyl (C=O) groups is 1. The van der Waals surface area contributed by atoms with Crippen LogP contribution >= 0.6 is 0 Å². The van der Waals surface area contributed by atoms with E-state index in [0.29, 0.717) is 11.4 Å². The predicted molar refractivity (Wildman–Crippen MR) is 64.6 cm³/mol. The molecule has 0 atom stereocenters. The van der Waals surface area contributed by atoms with Gasteiger partial charge in [0.15, 0.2) is 0 Å². The summed E-state index contributed by atoms with van der Waals surface area (Å²) in [6.07, 6.45) is 3.28. The van der Waals surface area contributed by atoms with Gasteiger partial charge in [0.05, 0.1) is 11.9 Å². The zero-order valence-corrected chi connectivity index (χ0v) is 9.93. The average Bonchev–Trinajstić information content (AvgIpc) is 2.39. The third kappa shape index (κ3) is 2.74. The molecule has 2 heterocycles. The summed E-state index contributed by atoms with van der Waals surface area (Å²) >= 11 is 0. The normalized spacial score (nSPS) is 16.8. The number of nitrogens with zero attached hydrogens (tertiary/aromatic N) is 2. The number of carbonyl (C=O) groups excluding carboxylic acids is 1. The maximum atomic E-state index is 12.1. The van der Waals surface area contributed by atoms with E-state index < -0.39 is 0 Å². The van der Waals surface area contributed by atoms with Crippen molar-refractivity contribution in [3.8, 4) is 0 Å². The summed E-state index contributed by atoms with van der Waals surface area (Å²) in [6, 6.07) is 3.60. The van der Waals surface area contributed by atoms with Gasteiger partial charge in [0.2, 0.25) is 0 Å². The Kier molecular flexibility index (Phi) is 3.58. The zero-order chi connectivity index (χ0) is 12.3. The van der Waals surface area contributed by atoms with E-state index in [-0.39, 0.29) is 11.9 Å². The second-order valence-electron chi connectivity index (χ2n) is 4.24. The van der Waals surface area contributed by atoms with Crippen LogP contribution in [0.25, 0.3) is 0 Å². The molecule has 0 unspecified atom stereocenters. The highest BCUT2D eigenvalue weighted by molar-refractivity contribution is 5.92. The van der Waals surface area contributed by atoms with Crippen molar-refractivity contribution in [2.75, 3.05) is 26.0 Å². The first-order valence-electron chi connectivity index (χ1n) is 5.75. The Hall–Kier alpha value is -1.62. The van der Waals surface area contributed by atoms with Crippen LogP contribution in [-0.4, -0.2) is 42.1 Å². The molecule has 1 aromatic heterocycles. The van der Waals surface area contributed by atoms with Crippen LogP contribution in [0.2, 0.25) is 0 Å². The lowest BCUT2D eigenvalue weighted by Crippen LogP contribution is -2.40. The fourth-order valence-electron chi connectivity index (χ4n) is 1.95. The van der Waals surface area contributed by atoms with Crippen LogP contribution in [0.5, 0.6) is 0 Å². The topological polar surface area (TPSA) is 68.5 Å². The summed E-state index contributed by atoms with van der Waals surface area (Å²) in [6.45, 7) is 1.44. The molecule has 5 nitrogen and oxygen atoms in total. The van der Waals surface area contributed by atoms with E-state index in [2.05, 4.69) is 4.98 Å². The van der Waals surface area contributed by atoms with Gasteiger partial charge in [-0.2, -0.15) is 0 Å². The van der Waals surface area contributed by atoms with Crippen molar-refractivity contribution >= 4 is 11.6 Å². The van der Waals surface area contributed by atoms with Gasteiger partial charge >= 0.3 is 0 Å². The summed E-state index contributed by atoms with van der Waals surface area (Å²) < 4.78 is 5.28. The van der Waals surface area contributed by atoms with E-state index in [1.807, 2.05) is 7.05 Å². The van der Waals surface area contributed by atoms with Crippen LogP contribution in [0.1, 0.15) is 23.3 Å². The van der Waals surface area contributed by atoms with Gasteiger partial charge in [0, 0.05) is 26.3 Å². The first-order chi connectivity index (χ1) is 8.18. The molecule has 0 spiro atoms. The van der Waals surface area contributed by atoms with Gasteiger partial charge in [-0.25, -0.2) is 4.98 Å². The molecular weight excluding hydrogens is 218 g/mol. The standard InChI is InChI=1S/C12H17N3O2/c1-15(10-4-6-17-7-5-10)12(16)11-3-2-9(13)8-14-11/h2-3,8,10H,4-7,13H2,1H3. The van der Waals surface area contributed by atoms with E-state index in [0.717, 1.165) is 26.1 Å². The first-order valence-corrected chi connectivity index (χ1v) is 5.75.